The highest BCUT2D eigenvalue weighted by molar-refractivity contribution is 5.98. The molecule has 0 radical (unpaired) electrons. The van der Waals surface area contributed by atoms with E-state index in [1.165, 1.54) is 12.1 Å². The molecule has 28 heavy (non-hydrogen) atoms. The molecule has 0 spiro atoms. The van der Waals surface area contributed by atoms with Crippen molar-refractivity contribution in [3.05, 3.63) is 77.4 Å². The Morgan fingerprint density at radius 3 is 2.57 bits per heavy atom. The number of aryl methyl sites for hydroxylation is 1. The van der Waals surface area contributed by atoms with Crippen LogP contribution in [-0.2, 0) is 0 Å². The molecule has 4 rings (SSSR count). The van der Waals surface area contributed by atoms with E-state index in [2.05, 4.69) is 15.2 Å². The van der Waals surface area contributed by atoms with Gasteiger partial charge in [0.15, 0.2) is 5.69 Å². The molecule has 2 N–H and O–H groups in total. The molecule has 0 aliphatic heterocycles. The minimum Gasteiger partial charge on any atom is -0.493 e. The number of benzene rings is 2. The van der Waals surface area contributed by atoms with Gasteiger partial charge in [0.05, 0.1) is 11.1 Å². The summed E-state index contributed by atoms with van der Waals surface area (Å²) in [5.74, 6) is -0.990. The molecule has 140 valence electrons. The molecule has 0 bridgehead atoms. The molecule has 7 heteroatoms. The number of halogens is 1. The van der Waals surface area contributed by atoms with Crippen molar-refractivity contribution in [1.82, 2.24) is 9.55 Å². The molecule has 2 aromatic carbocycles. The van der Waals surface area contributed by atoms with E-state index >= 15 is 0 Å². The summed E-state index contributed by atoms with van der Waals surface area (Å²) in [5, 5.41) is 18.5. The van der Waals surface area contributed by atoms with Crippen molar-refractivity contribution in [3.63, 3.8) is 0 Å². The third kappa shape index (κ3) is 2.96. The number of carbonyl (C=O) groups excluding carboxylic acids is 1. The Labute approximate surface area is 160 Å². The molecule has 0 saturated heterocycles. The van der Waals surface area contributed by atoms with Crippen molar-refractivity contribution >= 4 is 22.5 Å². The van der Waals surface area contributed by atoms with Gasteiger partial charge in [-0.25, -0.2) is 4.39 Å². The summed E-state index contributed by atoms with van der Waals surface area (Å²) in [6.45, 7) is 3.65. The maximum absolute atomic E-state index is 13.2. The van der Waals surface area contributed by atoms with Crippen molar-refractivity contribution < 1.29 is 14.3 Å². The monoisotopic (exact) mass is 376 g/mol. The molecule has 2 aromatic heterocycles. The Morgan fingerprint density at radius 1 is 1.11 bits per heavy atom. The largest absolute Gasteiger partial charge is 0.493 e. The number of rotatable bonds is 3. The molecule has 0 fully saturated rings. The first-order chi connectivity index (χ1) is 13.5. The first-order valence-electron chi connectivity index (χ1n) is 8.66. The standard InChI is InChI=1S/C21H17FN4O2/c1-12-11-17(13(2)26(12)15-9-7-14(22)8-10-15)20(27)25-24-19-16-5-3-4-6-18(16)23-21(19)28/h3-11,23,28H,1-2H3. The molecule has 0 aliphatic rings. The van der Waals surface area contributed by atoms with E-state index in [0.29, 0.717) is 22.2 Å². The van der Waals surface area contributed by atoms with Crippen LogP contribution >= 0.6 is 0 Å². The van der Waals surface area contributed by atoms with Gasteiger partial charge in [0, 0.05) is 22.5 Å². The highest BCUT2D eigenvalue weighted by atomic mass is 19.1. The van der Waals surface area contributed by atoms with Crippen LogP contribution in [-0.4, -0.2) is 20.6 Å². The van der Waals surface area contributed by atoms with Crippen molar-refractivity contribution in [2.45, 2.75) is 13.8 Å². The smallest absolute Gasteiger partial charge is 0.297 e. The molecule has 0 atom stereocenters. The second kappa shape index (κ2) is 6.77. The maximum Gasteiger partial charge on any atom is 0.297 e. The van der Waals surface area contributed by atoms with Crippen molar-refractivity contribution in [2.75, 3.05) is 0 Å². The normalized spacial score (nSPS) is 11.5. The molecule has 4 aromatic rings. The summed E-state index contributed by atoms with van der Waals surface area (Å²) < 4.78 is 15.1. The van der Waals surface area contributed by atoms with Gasteiger partial charge in [-0.2, -0.15) is 0 Å². The second-order valence-corrected chi connectivity index (χ2v) is 6.47. The Hall–Kier alpha value is -3.74. The summed E-state index contributed by atoms with van der Waals surface area (Å²) in [6.07, 6.45) is 0. The third-order valence-electron chi connectivity index (χ3n) is 4.65. The van der Waals surface area contributed by atoms with Crippen LogP contribution < -0.4 is 0 Å². The first-order valence-corrected chi connectivity index (χ1v) is 8.66. The van der Waals surface area contributed by atoms with Crippen LogP contribution in [0.15, 0.2) is 64.8 Å². The van der Waals surface area contributed by atoms with Crippen molar-refractivity contribution in [3.8, 4) is 11.6 Å². The van der Waals surface area contributed by atoms with Gasteiger partial charge in [-0.15, -0.1) is 10.2 Å². The number of para-hydroxylation sites is 1. The molecule has 0 saturated carbocycles. The van der Waals surface area contributed by atoms with Crippen LogP contribution in [0.1, 0.15) is 21.7 Å². The van der Waals surface area contributed by atoms with E-state index in [9.17, 15) is 14.3 Å². The maximum atomic E-state index is 13.2. The predicted octanol–water partition coefficient (Wildman–Crippen LogP) is 5.34. The summed E-state index contributed by atoms with van der Waals surface area (Å²) in [6, 6.07) is 15.0. The lowest BCUT2D eigenvalue weighted by atomic mass is 10.2. The lowest BCUT2D eigenvalue weighted by Gasteiger charge is -2.09. The lowest BCUT2D eigenvalue weighted by molar-refractivity contribution is 0.0994. The van der Waals surface area contributed by atoms with Crippen LogP contribution in [0, 0.1) is 19.7 Å². The molecule has 2 heterocycles. The number of fused-ring (bicyclic) bond motifs is 1. The highest BCUT2D eigenvalue weighted by Crippen LogP contribution is 2.35. The number of aromatic amines is 1. The van der Waals surface area contributed by atoms with E-state index in [4.69, 9.17) is 0 Å². The summed E-state index contributed by atoms with van der Waals surface area (Å²) in [7, 11) is 0. The quantitative estimate of drug-likeness (QED) is 0.473. The van der Waals surface area contributed by atoms with Crippen molar-refractivity contribution in [2.24, 2.45) is 10.2 Å². The number of hydrogen-bond acceptors (Lipinski definition) is 3. The number of amides is 1. The summed E-state index contributed by atoms with van der Waals surface area (Å²) in [5.41, 5.74) is 3.56. The summed E-state index contributed by atoms with van der Waals surface area (Å²) in [4.78, 5) is 15.4. The van der Waals surface area contributed by atoms with Gasteiger partial charge in [-0.3, -0.25) is 4.79 Å². The number of aromatic hydroxyl groups is 1. The topological polar surface area (TPSA) is 82.7 Å². The Bertz CT molecular complexity index is 1220. The van der Waals surface area contributed by atoms with Gasteiger partial charge < -0.3 is 14.7 Å². The molecule has 0 unspecified atom stereocenters. The fourth-order valence-corrected chi connectivity index (χ4v) is 3.33. The van der Waals surface area contributed by atoms with E-state index < -0.39 is 5.91 Å². The Balaban J connectivity index is 1.69. The number of carbonyl (C=O) groups is 1. The van der Waals surface area contributed by atoms with Crippen LogP contribution in [0.25, 0.3) is 16.6 Å². The first kappa shape index (κ1) is 17.7. The van der Waals surface area contributed by atoms with Gasteiger partial charge in [0.1, 0.15) is 5.82 Å². The number of hydrogen-bond donors (Lipinski definition) is 2. The SMILES string of the molecule is Cc1cc(C(=O)N=Nc2c(O)[nH]c3ccccc23)c(C)n1-c1ccc(F)cc1. The van der Waals surface area contributed by atoms with Gasteiger partial charge in [-0.05, 0) is 50.2 Å². The van der Waals surface area contributed by atoms with Gasteiger partial charge in [-0.1, -0.05) is 18.2 Å². The molecular formula is C21H17FN4O2. The zero-order valence-electron chi connectivity index (χ0n) is 15.3. The molecule has 1 amide bonds. The van der Waals surface area contributed by atoms with Crippen LogP contribution in [0.5, 0.6) is 5.88 Å². The number of azo groups is 1. The minimum absolute atomic E-state index is 0.144. The Kier molecular flexibility index (Phi) is 4.27. The number of nitrogens with zero attached hydrogens (tertiary/aromatic N) is 3. The van der Waals surface area contributed by atoms with Crippen molar-refractivity contribution in [1.29, 1.82) is 0 Å². The van der Waals surface area contributed by atoms with E-state index in [1.807, 2.05) is 23.6 Å². The van der Waals surface area contributed by atoms with E-state index in [-0.39, 0.29) is 17.4 Å². The minimum atomic E-state index is -0.522. The molecular weight excluding hydrogens is 359 g/mol. The average molecular weight is 376 g/mol. The zero-order valence-corrected chi connectivity index (χ0v) is 15.3. The van der Waals surface area contributed by atoms with Crippen LogP contribution in [0.3, 0.4) is 0 Å². The number of aromatic nitrogens is 2. The van der Waals surface area contributed by atoms with Gasteiger partial charge in [0.25, 0.3) is 5.91 Å². The van der Waals surface area contributed by atoms with Gasteiger partial charge in [0.2, 0.25) is 5.88 Å². The van der Waals surface area contributed by atoms with E-state index in [0.717, 1.165) is 11.4 Å². The highest BCUT2D eigenvalue weighted by Gasteiger charge is 2.17. The van der Waals surface area contributed by atoms with Crippen LogP contribution in [0.4, 0.5) is 10.1 Å². The van der Waals surface area contributed by atoms with Gasteiger partial charge >= 0.3 is 0 Å². The van der Waals surface area contributed by atoms with E-state index in [1.54, 1.807) is 37.3 Å². The second-order valence-electron chi connectivity index (χ2n) is 6.47. The summed E-state index contributed by atoms with van der Waals surface area (Å²) >= 11 is 0. The fourth-order valence-electron chi connectivity index (χ4n) is 3.33. The lowest BCUT2D eigenvalue weighted by Crippen LogP contribution is -2.01. The Morgan fingerprint density at radius 2 is 1.82 bits per heavy atom. The zero-order chi connectivity index (χ0) is 19.8. The van der Waals surface area contributed by atoms with Crippen LogP contribution in [0.2, 0.25) is 0 Å². The molecule has 6 nitrogen and oxygen atoms in total. The number of nitrogens with one attached hydrogen (secondary N) is 1. The number of H-pyrrole nitrogens is 1. The third-order valence-corrected chi connectivity index (χ3v) is 4.65. The fraction of sp³-hybridized carbons (Fsp3) is 0.0952. The predicted molar refractivity (Wildman–Crippen MR) is 104 cm³/mol. The molecule has 0 aliphatic carbocycles. The average Bonchev–Trinajstić information content (AvgIpc) is 3.16.